The summed E-state index contributed by atoms with van der Waals surface area (Å²) in [5.74, 6) is 1.02. The molecule has 0 aliphatic carbocycles. The van der Waals surface area contributed by atoms with Crippen LogP contribution < -0.4 is 9.09 Å². The van der Waals surface area contributed by atoms with E-state index in [1.165, 1.54) is 15.1 Å². The Kier molecular flexibility index (Phi) is 4.70. The zero-order chi connectivity index (χ0) is 11.9. The summed E-state index contributed by atoms with van der Waals surface area (Å²) >= 11 is 0.275. The molecule has 0 heterocycles. The molecule has 0 N–H and O–H groups in total. The Morgan fingerprint density at radius 1 is 0.941 bits per heavy atom. The Hall–Kier alpha value is -1.20. The van der Waals surface area contributed by atoms with Crippen LogP contribution in [0.3, 0.4) is 0 Å². The molecule has 1 nitrogen and oxygen atoms in total. The first-order valence-electron chi connectivity index (χ1n) is 5.74. The van der Waals surface area contributed by atoms with Crippen molar-refractivity contribution in [2.24, 2.45) is 0 Å². The minimum atomic E-state index is 0.275. The summed E-state index contributed by atoms with van der Waals surface area (Å²) in [5.41, 5.74) is 1.32. The van der Waals surface area contributed by atoms with E-state index < -0.39 is 0 Å². The summed E-state index contributed by atoms with van der Waals surface area (Å²) in [6.07, 6.45) is 1.11. The van der Waals surface area contributed by atoms with E-state index in [0.717, 1.165) is 12.2 Å². The van der Waals surface area contributed by atoms with Crippen LogP contribution in [0, 0.1) is 0 Å². The van der Waals surface area contributed by atoms with Gasteiger partial charge in [0.25, 0.3) is 0 Å². The minimum absolute atomic E-state index is 0.275. The van der Waals surface area contributed by atoms with Gasteiger partial charge in [-0.25, -0.2) is 0 Å². The predicted molar refractivity (Wildman–Crippen MR) is 73.3 cm³/mol. The normalized spacial score (nSPS) is 10.9. The molecule has 0 spiro atoms. The van der Waals surface area contributed by atoms with Gasteiger partial charge in [0.15, 0.2) is 0 Å². The third kappa shape index (κ3) is 3.64. The fourth-order valence-corrected chi connectivity index (χ4v) is 3.83. The molecule has 17 heavy (non-hydrogen) atoms. The molecule has 0 bridgehead atoms. The molecule has 2 heteroatoms. The van der Waals surface area contributed by atoms with Gasteiger partial charge in [-0.15, -0.1) is 0 Å². The van der Waals surface area contributed by atoms with Crippen molar-refractivity contribution in [3.05, 3.63) is 60.2 Å². The molecule has 2 aromatic rings. The number of hydrogen-bond acceptors (Lipinski definition) is 1. The van der Waals surface area contributed by atoms with Gasteiger partial charge in [0.2, 0.25) is 0 Å². The Morgan fingerprint density at radius 2 is 1.65 bits per heavy atom. The molecule has 0 unspecified atom stereocenters. The van der Waals surface area contributed by atoms with E-state index in [9.17, 15) is 0 Å². The van der Waals surface area contributed by atoms with Gasteiger partial charge >= 0.3 is 109 Å². The van der Waals surface area contributed by atoms with Crippen molar-refractivity contribution in [2.75, 3.05) is 7.11 Å². The van der Waals surface area contributed by atoms with Gasteiger partial charge in [-0.2, -0.15) is 0 Å². The molecule has 0 atom stereocenters. The van der Waals surface area contributed by atoms with Crippen LogP contribution >= 0.6 is 0 Å². The van der Waals surface area contributed by atoms with Crippen LogP contribution in [0.25, 0.3) is 0 Å². The number of hydrogen-bond donors (Lipinski definition) is 0. The molecule has 2 aromatic carbocycles. The van der Waals surface area contributed by atoms with Crippen LogP contribution in [-0.4, -0.2) is 22.9 Å². The number of benzene rings is 2. The maximum absolute atomic E-state index is 5.36. The van der Waals surface area contributed by atoms with Crippen molar-refractivity contribution in [1.82, 2.24) is 0 Å². The summed E-state index contributed by atoms with van der Waals surface area (Å²) in [6.45, 7) is 0. The second-order valence-corrected chi connectivity index (χ2v) is 6.46. The maximum atomic E-state index is 5.36. The summed E-state index contributed by atoms with van der Waals surface area (Å²) in [4.78, 5) is 0. The molecule has 2 rings (SSSR count). The van der Waals surface area contributed by atoms with Gasteiger partial charge in [-0.1, -0.05) is 0 Å². The van der Waals surface area contributed by atoms with Crippen molar-refractivity contribution in [2.45, 2.75) is 11.6 Å². The second kappa shape index (κ2) is 6.51. The molecule has 0 saturated carbocycles. The van der Waals surface area contributed by atoms with E-state index in [0.29, 0.717) is 0 Å². The topological polar surface area (TPSA) is 9.23 Å². The van der Waals surface area contributed by atoms with Crippen LogP contribution in [0.15, 0.2) is 54.6 Å². The van der Waals surface area contributed by atoms with E-state index in [4.69, 9.17) is 4.74 Å². The molecule has 0 aliphatic heterocycles. The average molecular weight is 287 g/mol. The summed E-state index contributed by atoms with van der Waals surface area (Å²) in [5, 5.41) is 1.25. The molecule has 0 amide bonds. The van der Waals surface area contributed by atoms with Crippen molar-refractivity contribution in [3.63, 3.8) is 0 Å². The summed E-state index contributed by atoms with van der Waals surface area (Å²) in [7, 11) is 1.74. The fraction of sp³-hybridized carbons (Fsp3) is 0.200. The van der Waals surface area contributed by atoms with Crippen molar-refractivity contribution in [1.29, 1.82) is 0 Å². The Balaban J connectivity index is 1.90. The molecule has 87 valence electrons. The number of aryl methyl sites for hydroxylation is 1. The first-order chi connectivity index (χ1) is 8.40. The molecule has 0 aromatic heterocycles. The predicted octanol–water partition coefficient (Wildman–Crippen LogP) is 2.69. The Morgan fingerprint density at radius 3 is 2.41 bits per heavy atom. The zero-order valence-electron chi connectivity index (χ0n) is 9.97. The Bertz CT molecular complexity index is 453. The number of para-hydroxylation sites is 1. The number of methoxy groups -OCH3 is 1. The van der Waals surface area contributed by atoms with Gasteiger partial charge in [0, 0.05) is 0 Å². The van der Waals surface area contributed by atoms with E-state index in [-0.39, 0.29) is 15.8 Å². The van der Waals surface area contributed by atoms with Gasteiger partial charge in [0.05, 0.1) is 0 Å². The monoisotopic (exact) mass is 287 g/mol. The number of ether oxygens (including phenoxy) is 1. The number of rotatable bonds is 5. The first-order valence-corrected chi connectivity index (χ1v) is 8.01. The third-order valence-corrected chi connectivity index (χ3v) is 4.95. The zero-order valence-corrected chi connectivity index (χ0v) is 11.8. The molecule has 0 saturated heterocycles. The molecule has 1 radical (unpaired) electrons. The van der Waals surface area contributed by atoms with E-state index in [2.05, 4.69) is 42.5 Å². The van der Waals surface area contributed by atoms with Crippen LogP contribution in [0.4, 0.5) is 0 Å². The van der Waals surface area contributed by atoms with Crippen LogP contribution in [0.5, 0.6) is 5.75 Å². The quantitative estimate of drug-likeness (QED) is 0.768. The van der Waals surface area contributed by atoms with Gasteiger partial charge < -0.3 is 0 Å². The molecular weight excluding hydrogens is 271 g/mol. The van der Waals surface area contributed by atoms with Gasteiger partial charge in [-0.3, -0.25) is 0 Å². The van der Waals surface area contributed by atoms with E-state index in [1.807, 2.05) is 12.1 Å². The van der Waals surface area contributed by atoms with Crippen LogP contribution in [-0.2, 0) is 6.42 Å². The molecule has 0 aliphatic rings. The van der Waals surface area contributed by atoms with Gasteiger partial charge in [-0.05, 0) is 0 Å². The first kappa shape index (κ1) is 12.3. The van der Waals surface area contributed by atoms with Gasteiger partial charge in [0.1, 0.15) is 0 Å². The summed E-state index contributed by atoms with van der Waals surface area (Å²) < 4.78 is 6.86. The third-order valence-electron chi connectivity index (χ3n) is 2.62. The average Bonchev–Trinajstić information content (AvgIpc) is 2.40. The van der Waals surface area contributed by atoms with Crippen molar-refractivity contribution >= 4 is 20.1 Å². The Labute approximate surface area is 110 Å². The molecular formula is C15H16AsO. The van der Waals surface area contributed by atoms with Crippen LogP contribution in [0.1, 0.15) is 5.56 Å². The van der Waals surface area contributed by atoms with Crippen LogP contribution in [0.2, 0.25) is 5.21 Å². The fourth-order valence-electron chi connectivity index (χ4n) is 1.75. The SMILES string of the molecule is COc1ccccc1CC[As]c1ccccc1. The van der Waals surface area contributed by atoms with E-state index in [1.54, 1.807) is 7.11 Å². The molecule has 0 fully saturated rings. The second-order valence-electron chi connectivity index (χ2n) is 3.78. The standard InChI is InChI=1S/C15H16AsO/c1-17-15-10-6-5-7-13(15)11-12-16-14-8-3-2-4-9-14/h2-10H,11-12H2,1H3. The summed E-state index contributed by atoms with van der Waals surface area (Å²) in [6, 6.07) is 19.1. The van der Waals surface area contributed by atoms with Crippen molar-refractivity contribution < 1.29 is 4.74 Å². The van der Waals surface area contributed by atoms with E-state index >= 15 is 0 Å². The van der Waals surface area contributed by atoms with Crippen molar-refractivity contribution in [3.8, 4) is 5.75 Å².